The fraction of sp³-hybridized carbons (Fsp3) is 0.529. The molecule has 0 aromatic heterocycles. The number of carbonyl (C=O) groups is 2. The van der Waals surface area contributed by atoms with Crippen molar-refractivity contribution in [3.05, 3.63) is 29.0 Å². The van der Waals surface area contributed by atoms with E-state index in [0.29, 0.717) is 13.1 Å². The molecule has 2 aliphatic rings. The van der Waals surface area contributed by atoms with E-state index < -0.39 is 33.8 Å². The van der Waals surface area contributed by atoms with E-state index in [1.807, 2.05) is 4.90 Å². The van der Waals surface area contributed by atoms with E-state index in [0.717, 1.165) is 25.0 Å². The maximum Gasteiger partial charge on any atom is 0.321 e. The van der Waals surface area contributed by atoms with Gasteiger partial charge in [-0.25, -0.2) is 17.6 Å². The van der Waals surface area contributed by atoms with Gasteiger partial charge in [0.15, 0.2) is 0 Å². The molecule has 1 aromatic rings. The van der Waals surface area contributed by atoms with Crippen molar-refractivity contribution in [1.29, 1.82) is 0 Å². The van der Waals surface area contributed by atoms with Gasteiger partial charge in [-0.1, -0.05) is 11.6 Å². The lowest BCUT2D eigenvalue weighted by Gasteiger charge is -2.36. The Kier molecular flexibility index (Phi) is 6.23. The summed E-state index contributed by atoms with van der Waals surface area (Å²) in [6.07, 6.45) is 1.85. The number of halogens is 2. The number of carbonyl (C=O) groups excluding carboxylic acids is 2. The van der Waals surface area contributed by atoms with Gasteiger partial charge in [-0.3, -0.25) is 15.0 Å². The average Bonchev–Trinajstić information content (AvgIpc) is 3.47. The van der Waals surface area contributed by atoms with Crippen LogP contribution in [-0.4, -0.2) is 67.8 Å². The number of rotatable bonds is 5. The second kappa shape index (κ2) is 8.32. The maximum absolute atomic E-state index is 13.3. The topological polar surface area (TPSA) is 98.8 Å². The van der Waals surface area contributed by atoms with Crippen molar-refractivity contribution in [1.82, 2.24) is 19.8 Å². The summed E-state index contributed by atoms with van der Waals surface area (Å²) in [6.45, 7) is 2.66. The lowest BCUT2D eigenvalue weighted by Crippen LogP contribution is -2.56. The fourth-order valence-electron chi connectivity index (χ4n) is 2.95. The van der Waals surface area contributed by atoms with Gasteiger partial charge < -0.3 is 5.32 Å². The summed E-state index contributed by atoms with van der Waals surface area (Å²) in [5.41, 5.74) is 0. The van der Waals surface area contributed by atoms with E-state index in [2.05, 4.69) is 10.6 Å². The quantitative estimate of drug-likeness (QED) is 0.727. The summed E-state index contributed by atoms with van der Waals surface area (Å²) < 4.78 is 40.0. The number of amides is 3. The molecule has 11 heteroatoms. The molecule has 2 fully saturated rings. The molecule has 154 valence electrons. The van der Waals surface area contributed by atoms with Crippen molar-refractivity contribution >= 4 is 33.6 Å². The molecular weight excluding hydrogens is 411 g/mol. The number of hydrogen-bond acceptors (Lipinski definition) is 5. The predicted octanol–water partition coefficient (Wildman–Crippen LogP) is 1.16. The Labute approximate surface area is 168 Å². The molecule has 0 bridgehead atoms. The molecule has 8 nitrogen and oxygen atoms in total. The standard InChI is InChI=1S/C17H22ClFN4O4S/c1-11(16(24)21-17(25)20-12-2-3-12)22-6-8-23(9-7-22)28(26,27)13-4-5-15(19)14(18)10-13/h4-5,10-12H,2-3,6-9H2,1H3,(H2,20,21,24,25). The van der Waals surface area contributed by atoms with E-state index in [-0.39, 0.29) is 29.0 Å². The van der Waals surface area contributed by atoms with Gasteiger partial charge >= 0.3 is 6.03 Å². The second-order valence-corrected chi connectivity index (χ2v) is 9.27. The van der Waals surface area contributed by atoms with Crippen LogP contribution in [-0.2, 0) is 14.8 Å². The van der Waals surface area contributed by atoms with Crippen LogP contribution in [0.3, 0.4) is 0 Å². The summed E-state index contributed by atoms with van der Waals surface area (Å²) in [4.78, 5) is 25.7. The molecular formula is C17H22ClFN4O4S. The maximum atomic E-state index is 13.3. The van der Waals surface area contributed by atoms with Crippen LogP contribution in [0, 0.1) is 5.82 Å². The second-order valence-electron chi connectivity index (χ2n) is 6.93. The van der Waals surface area contributed by atoms with Gasteiger partial charge in [0.2, 0.25) is 15.9 Å². The average molecular weight is 433 g/mol. The fourth-order valence-corrected chi connectivity index (χ4v) is 4.64. The number of imide groups is 1. The molecule has 0 radical (unpaired) electrons. The van der Waals surface area contributed by atoms with Crippen molar-refractivity contribution in [2.45, 2.75) is 36.7 Å². The Balaban J connectivity index is 1.56. The van der Waals surface area contributed by atoms with Crippen LogP contribution in [0.25, 0.3) is 0 Å². The van der Waals surface area contributed by atoms with Gasteiger partial charge in [0.1, 0.15) is 5.82 Å². The van der Waals surface area contributed by atoms with Crippen LogP contribution in [0.1, 0.15) is 19.8 Å². The lowest BCUT2D eigenvalue weighted by atomic mass is 10.2. The van der Waals surface area contributed by atoms with Crippen molar-refractivity contribution in [2.24, 2.45) is 0 Å². The van der Waals surface area contributed by atoms with Crippen molar-refractivity contribution < 1.29 is 22.4 Å². The molecule has 0 spiro atoms. The van der Waals surface area contributed by atoms with E-state index in [4.69, 9.17) is 11.6 Å². The summed E-state index contributed by atoms with van der Waals surface area (Å²) in [5.74, 6) is -1.12. The van der Waals surface area contributed by atoms with Crippen molar-refractivity contribution in [3.8, 4) is 0 Å². The van der Waals surface area contributed by atoms with E-state index >= 15 is 0 Å². The third-order valence-electron chi connectivity index (χ3n) is 4.88. The Bertz CT molecular complexity index is 870. The monoisotopic (exact) mass is 432 g/mol. The van der Waals surface area contributed by atoms with E-state index in [9.17, 15) is 22.4 Å². The molecule has 1 unspecified atom stereocenters. The molecule has 28 heavy (non-hydrogen) atoms. The first-order chi connectivity index (χ1) is 13.2. The zero-order valence-electron chi connectivity index (χ0n) is 15.3. The number of hydrogen-bond donors (Lipinski definition) is 2. The number of nitrogens with one attached hydrogen (secondary N) is 2. The van der Waals surface area contributed by atoms with Crippen LogP contribution in [0.5, 0.6) is 0 Å². The highest BCUT2D eigenvalue weighted by Gasteiger charge is 2.33. The summed E-state index contributed by atoms with van der Waals surface area (Å²) in [6, 6.07) is 2.36. The molecule has 1 atom stereocenters. The number of benzene rings is 1. The predicted molar refractivity (Wildman–Crippen MR) is 101 cm³/mol. The third-order valence-corrected chi connectivity index (χ3v) is 7.06. The number of piperazine rings is 1. The van der Waals surface area contributed by atoms with E-state index in [1.54, 1.807) is 6.92 Å². The summed E-state index contributed by atoms with van der Waals surface area (Å²) >= 11 is 5.69. The highest BCUT2D eigenvalue weighted by Crippen LogP contribution is 2.23. The SMILES string of the molecule is CC(C(=O)NC(=O)NC1CC1)N1CCN(S(=O)(=O)c2ccc(F)c(Cl)c2)CC1. The van der Waals surface area contributed by atoms with Crippen LogP contribution in [0.4, 0.5) is 9.18 Å². The van der Waals surface area contributed by atoms with Gasteiger partial charge in [0.25, 0.3) is 0 Å². The first-order valence-electron chi connectivity index (χ1n) is 8.99. The van der Waals surface area contributed by atoms with Crippen LogP contribution < -0.4 is 10.6 Å². The normalized spacial score (nSPS) is 19.8. The molecule has 1 heterocycles. The first-order valence-corrected chi connectivity index (χ1v) is 10.8. The van der Waals surface area contributed by atoms with Gasteiger partial charge in [-0.2, -0.15) is 4.31 Å². The van der Waals surface area contributed by atoms with Crippen molar-refractivity contribution in [2.75, 3.05) is 26.2 Å². The minimum atomic E-state index is -3.81. The third kappa shape index (κ3) is 4.80. The Morgan fingerprint density at radius 1 is 1.21 bits per heavy atom. The molecule has 1 saturated heterocycles. The molecule has 3 rings (SSSR count). The van der Waals surface area contributed by atoms with Gasteiger partial charge in [0, 0.05) is 32.2 Å². The summed E-state index contributed by atoms with van der Waals surface area (Å²) in [7, 11) is -3.81. The number of sulfonamides is 1. The minimum Gasteiger partial charge on any atom is -0.335 e. The van der Waals surface area contributed by atoms with Gasteiger partial charge in [-0.15, -0.1) is 0 Å². The van der Waals surface area contributed by atoms with Gasteiger partial charge in [0.05, 0.1) is 16.0 Å². The van der Waals surface area contributed by atoms with E-state index in [1.165, 1.54) is 10.4 Å². The Hall–Kier alpha value is -1.75. The molecule has 1 saturated carbocycles. The lowest BCUT2D eigenvalue weighted by molar-refractivity contribution is -0.125. The molecule has 2 N–H and O–H groups in total. The molecule has 1 aliphatic heterocycles. The smallest absolute Gasteiger partial charge is 0.321 e. The van der Waals surface area contributed by atoms with Crippen LogP contribution in [0.2, 0.25) is 5.02 Å². The summed E-state index contributed by atoms with van der Waals surface area (Å²) in [5, 5.41) is 4.74. The highest BCUT2D eigenvalue weighted by molar-refractivity contribution is 7.89. The van der Waals surface area contributed by atoms with Gasteiger partial charge in [-0.05, 0) is 38.0 Å². The minimum absolute atomic E-state index is 0.0742. The van der Waals surface area contributed by atoms with Crippen LogP contribution in [0.15, 0.2) is 23.1 Å². The Morgan fingerprint density at radius 2 is 1.86 bits per heavy atom. The highest BCUT2D eigenvalue weighted by atomic mass is 35.5. The number of urea groups is 1. The molecule has 1 aromatic carbocycles. The van der Waals surface area contributed by atoms with Crippen molar-refractivity contribution in [3.63, 3.8) is 0 Å². The molecule has 3 amide bonds. The Morgan fingerprint density at radius 3 is 2.43 bits per heavy atom. The zero-order chi connectivity index (χ0) is 20.5. The molecule has 1 aliphatic carbocycles. The van der Waals surface area contributed by atoms with Crippen LogP contribution >= 0.6 is 11.6 Å². The zero-order valence-corrected chi connectivity index (χ0v) is 16.9. The number of nitrogens with zero attached hydrogens (tertiary/aromatic N) is 2. The first kappa shape index (κ1) is 21.0. The largest absolute Gasteiger partial charge is 0.335 e.